The van der Waals surface area contributed by atoms with Gasteiger partial charge in [0.2, 0.25) is 0 Å². The number of nitrogens with one attached hydrogen (secondary N) is 1. The maximum Gasteiger partial charge on any atom is 0.407 e. The zero-order valence-electron chi connectivity index (χ0n) is 7.26. The molecule has 3 N–H and O–H groups in total. The standard InChI is InChI=1S/C7H16N2O2/c1-5(2)9-7(10)11-6(3)4-8/h5-6H,4,8H2,1-3H3,(H,9,10). The van der Waals surface area contributed by atoms with Crippen molar-refractivity contribution in [3.8, 4) is 0 Å². The average molecular weight is 160 g/mol. The van der Waals surface area contributed by atoms with Crippen LogP contribution in [0.3, 0.4) is 0 Å². The Morgan fingerprint density at radius 2 is 2.09 bits per heavy atom. The lowest BCUT2D eigenvalue weighted by atomic mass is 10.4. The Morgan fingerprint density at radius 1 is 1.55 bits per heavy atom. The number of carbonyl (C=O) groups is 1. The second-order valence-electron chi connectivity index (χ2n) is 2.75. The van der Waals surface area contributed by atoms with Gasteiger partial charge in [-0.1, -0.05) is 0 Å². The van der Waals surface area contributed by atoms with E-state index >= 15 is 0 Å². The third-order valence-electron chi connectivity index (χ3n) is 1.05. The van der Waals surface area contributed by atoms with E-state index < -0.39 is 6.09 Å². The molecule has 11 heavy (non-hydrogen) atoms. The maximum atomic E-state index is 10.8. The summed E-state index contributed by atoms with van der Waals surface area (Å²) in [6, 6.07) is 0.104. The average Bonchev–Trinajstić information content (AvgIpc) is 1.85. The lowest BCUT2D eigenvalue weighted by molar-refractivity contribution is 0.108. The van der Waals surface area contributed by atoms with Crippen LogP contribution in [0.15, 0.2) is 0 Å². The van der Waals surface area contributed by atoms with Crippen LogP contribution in [-0.4, -0.2) is 24.8 Å². The summed E-state index contributed by atoms with van der Waals surface area (Å²) in [4.78, 5) is 10.8. The van der Waals surface area contributed by atoms with Gasteiger partial charge in [-0.2, -0.15) is 0 Å². The first kappa shape index (κ1) is 10.2. The van der Waals surface area contributed by atoms with Gasteiger partial charge in [-0.05, 0) is 20.8 Å². The Balaban J connectivity index is 3.52. The molecule has 0 spiro atoms. The Hall–Kier alpha value is -0.770. The molecule has 0 aromatic heterocycles. The van der Waals surface area contributed by atoms with Gasteiger partial charge in [0.1, 0.15) is 6.10 Å². The number of carbonyl (C=O) groups excluding carboxylic acids is 1. The van der Waals surface area contributed by atoms with Crippen molar-refractivity contribution >= 4 is 6.09 Å². The molecule has 0 aliphatic carbocycles. The third kappa shape index (κ3) is 5.66. The summed E-state index contributed by atoms with van der Waals surface area (Å²) < 4.78 is 4.84. The Kier molecular flexibility index (Phi) is 4.61. The molecule has 0 aliphatic heterocycles. The third-order valence-corrected chi connectivity index (χ3v) is 1.05. The van der Waals surface area contributed by atoms with E-state index in [9.17, 15) is 4.79 Å². The van der Waals surface area contributed by atoms with Crippen molar-refractivity contribution < 1.29 is 9.53 Å². The van der Waals surface area contributed by atoms with Crippen LogP contribution in [0.25, 0.3) is 0 Å². The summed E-state index contributed by atoms with van der Waals surface area (Å²) in [5.41, 5.74) is 5.25. The van der Waals surface area contributed by atoms with Crippen molar-refractivity contribution in [2.24, 2.45) is 5.73 Å². The maximum absolute atomic E-state index is 10.8. The van der Waals surface area contributed by atoms with Gasteiger partial charge in [-0.25, -0.2) is 4.79 Å². The first-order chi connectivity index (χ1) is 5.06. The number of hydrogen-bond acceptors (Lipinski definition) is 3. The van der Waals surface area contributed by atoms with E-state index in [4.69, 9.17) is 10.5 Å². The molecule has 0 aromatic carbocycles. The molecule has 0 fully saturated rings. The molecule has 0 radical (unpaired) electrons. The van der Waals surface area contributed by atoms with Crippen LogP contribution in [0, 0.1) is 0 Å². The molecule has 1 unspecified atom stereocenters. The van der Waals surface area contributed by atoms with E-state index in [1.807, 2.05) is 13.8 Å². The molecule has 1 atom stereocenters. The summed E-state index contributed by atoms with van der Waals surface area (Å²) in [5.74, 6) is 0. The van der Waals surface area contributed by atoms with Crippen LogP contribution in [0.4, 0.5) is 4.79 Å². The van der Waals surface area contributed by atoms with Crippen molar-refractivity contribution in [1.29, 1.82) is 0 Å². The van der Waals surface area contributed by atoms with Gasteiger partial charge in [0.25, 0.3) is 0 Å². The molecule has 0 saturated heterocycles. The Bertz CT molecular complexity index is 126. The van der Waals surface area contributed by atoms with Crippen LogP contribution < -0.4 is 11.1 Å². The lowest BCUT2D eigenvalue weighted by Gasteiger charge is -2.13. The SMILES string of the molecule is CC(C)NC(=O)OC(C)CN. The highest BCUT2D eigenvalue weighted by atomic mass is 16.6. The fourth-order valence-corrected chi connectivity index (χ4v) is 0.501. The molecule has 0 aromatic rings. The van der Waals surface area contributed by atoms with Crippen LogP contribution in [0.5, 0.6) is 0 Å². The number of ether oxygens (including phenoxy) is 1. The van der Waals surface area contributed by atoms with E-state index in [0.29, 0.717) is 6.54 Å². The van der Waals surface area contributed by atoms with Crippen LogP contribution in [0.2, 0.25) is 0 Å². The molecule has 0 rings (SSSR count). The molecule has 4 heteroatoms. The van der Waals surface area contributed by atoms with E-state index in [-0.39, 0.29) is 12.1 Å². The molecule has 0 saturated carbocycles. The summed E-state index contributed by atoms with van der Waals surface area (Å²) in [7, 11) is 0. The zero-order chi connectivity index (χ0) is 8.85. The molecule has 0 bridgehead atoms. The smallest absolute Gasteiger partial charge is 0.407 e. The lowest BCUT2D eigenvalue weighted by Crippen LogP contribution is -2.35. The van der Waals surface area contributed by atoms with Gasteiger partial charge in [0.15, 0.2) is 0 Å². The second-order valence-corrected chi connectivity index (χ2v) is 2.75. The number of hydrogen-bond donors (Lipinski definition) is 2. The minimum atomic E-state index is -0.405. The quantitative estimate of drug-likeness (QED) is 0.630. The van der Waals surface area contributed by atoms with Crippen molar-refractivity contribution in [3.05, 3.63) is 0 Å². The fourth-order valence-electron chi connectivity index (χ4n) is 0.501. The minimum absolute atomic E-state index is 0.104. The van der Waals surface area contributed by atoms with E-state index in [1.165, 1.54) is 0 Å². The molecule has 1 amide bonds. The predicted octanol–water partition coefficient (Wildman–Crippen LogP) is 0.468. The van der Waals surface area contributed by atoms with Crippen LogP contribution >= 0.6 is 0 Å². The molecule has 4 nitrogen and oxygen atoms in total. The van der Waals surface area contributed by atoms with Crippen LogP contribution in [-0.2, 0) is 4.74 Å². The molecule has 66 valence electrons. The number of alkyl carbamates (subject to hydrolysis) is 1. The van der Waals surface area contributed by atoms with Crippen molar-refractivity contribution in [1.82, 2.24) is 5.32 Å². The molecule has 0 heterocycles. The first-order valence-electron chi connectivity index (χ1n) is 3.73. The summed E-state index contributed by atoms with van der Waals surface area (Å²) in [6.07, 6.45) is -0.619. The highest BCUT2D eigenvalue weighted by Gasteiger charge is 2.07. The van der Waals surface area contributed by atoms with Gasteiger partial charge >= 0.3 is 6.09 Å². The van der Waals surface area contributed by atoms with E-state index in [1.54, 1.807) is 6.92 Å². The normalized spacial score (nSPS) is 12.8. The minimum Gasteiger partial charge on any atom is -0.445 e. The monoisotopic (exact) mass is 160 g/mol. The predicted molar refractivity (Wildman–Crippen MR) is 43.3 cm³/mol. The zero-order valence-corrected chi connectivity index (χ0v) is 7.26. The fraction of sp³-hybridized carbons (Fsp3) is 0.857. The molecular weight excluding hydrogens is 144 g/mol. The summed E-state index contributed by atoms with van der Waals surface area (Å²) in [6.45, 7) is 5.84. The van der Waals surface area contributed by atoms with Gasteiger partial charge in [0, 0.05) is 12.6 Å². The highest BCUT2D eigenvalue weighted by molar-refractivity contribution is 5.67. The van der Waals surface area contributed by atoms with Gasteiger partial charge in [-0.15, -0.1) is 0 Å². The Labute approximate surface area is 67.1 Å². The Morgan fingerprint density at radius 3 is 2.45 bits per heavy atom. The number of rotatable bonds is 3. The summed E-state index contributed by atoms with van der Waals surface area (Å²) >= 11 is 0. The van der Waals surface area contributed by atoms with Gasteiger partial charge in [0.05, 0.1) is 0 Å². The topological polar surface area (TPSA) is 64.3 Å². The largest absolute Gasteiger partial charge is 0.445 e. The molecular formula is C7H16N2O2. The molecule has 0 aliphatic rings. The van der Waals surface area contributed by atoms with Crippen molar-refractivity contribution in [2.75, 3.05) is 6.54 Å². The van der Waals surface area contributed by atoms with Gasteiger partial charge < -0.3 is 15.8 Å². The number of nitrogens with two attached hydrogens (primary N) is 1. The van der Waals surface area contributed by atoms with E-state index in [2.05, 4.69) is 5.32 Å². The summed E-state index contributed by atoms with van der Waals surface area (Å²) in [5, 5.41) is 2.59. The highest BCUT2D eigenvalue weighted by Crippen LogP contribution is 1.89. The number of amides is 1. The van der Waals surface area contributed by atoms with Crippen LogP contribution in [0.1, 0.15) is 20.8 Å². The first-order valence-corrected chi connectivity index (χ1v) is 3.73. The van der Waals surface area contributed by atoms with Gasteiger partial charge in [-0.3, -0.25) is 0 Å². The second kappa shape index (κ2) is 4.96. The van der Waals surface area contributed by atoms with E-state index in [0.717, 1.165) is 0 Å². The van der Waals surface area contributed by atoms with Crippen molar-refractivity contribution in [3.63, 3.8) is 0 Å². The van der Waals surface area contributed by atoms with Crippen molar-refractivity contribution in [2.45, 2.75) is 32.9 Å².